The van der Waals surface area contributed by atoms with Crippen molar-refractivity contribution in [2.24, 2.45) is 0 Å². The maximum Gasteiger partial charge on any atom is 0.266 e. The summed E-state index contributed by atoms with van der Waals surface area (Å²) in [5.41, 5.74) is 0.881. The van der Waals surface area contributed by atoms with Gasteiger partial charge in [-0.1, -0.05) is 29.3 Å². The molecule has 0 bridgehead atoms. The third-order valence-corrected chi connectivity index (χ3v) is 3.32. The Morgan fingerprint density at radius 2 is 1.86 bits per heavy atom. The molecule has 0 aliphatic rings. The molecule has 0 radical (unpaired) electrons. The molecule has 0 saturated carbocycles. The second-order valence-corrected chi connectivity index (χ2v) is 5.18. The Bertz CT molecular complexity index is 778. The van der Waals surface area contributed by atoms with Gasteiger partial charge in [0.05, 0.1) is 0 Å². The van der Waals surface area contributed by atoms with Gasteiger partial charge >= 0.3 is 0 Å². The molecular weight excluding hydrogens is 323 g/mol. The summed E-state index contributed by atoms with van der Waals surface area (Å²) in [6.07, 6.45) is 1.38. The smallest absolute Gasteiger partial charge is 0.266 e. The molecule has 0 aliphatic carbocycles. The van der Waals surface area contributed by atoms with Gasteiger partial charge in [-0.25, -0.2) is 0 Å². The molecular formula is C16H10Cl2N2O2. The van der Waals surface area contributed by atoms with Gasteiger partial charge in [-0.05, 0) is 48.0 Å². The molecule has 0 spiro atoms. The normalized spacial score (nSPS) is 10.9. The molecule has 0 aliphatic heterocycles. The fraction of sp³-hybridized carbons (Fsp3) is 0. The van der Waals surface area contributed by atoms with Crippen molar-refractivity contribution in [1.82, 2.24) is 0 Å². The van der Waals surface area contributed by atoms with Crippen molar-refractivity contribution in [3.05, 3.63) is 63.6 Å². The number of nitriles is 1. The highest BCUT2D eigenvalue weighted by Crippen LogP contribution is 2.23. The van der Waals surface area contributed by atoms with Crippen LogP contribution in [-0.2, 0) is 4.79 Å². The van der Waals surface area contributed by atoms with Gasteiger partial charge in [0.25, 0.3) is 5.91 Å². The Labute approximate surface area is 137 Å². The molecule has 0 unspecified atom stereocenters. The average molecular weight is 333 g/mol. The molecule has 2 aromatic rings. The van der Waals surface area contributed by atoms with Gasteiger partial charge in [-0.3, -0.25) is 4.79 Å². The van der Waals surface area contributed by atoms with E-state index >= 15 is 0 Å². The monoisotopic (exact) mass is 332 g/mol. The quantitative estimate of drug-likeness (QED) is 0.501. The third-order valence-electron chi connectivity index (χ3n) is 2.75. The number of phenols is 1. The van der Waals surface area contributed by atoms with E-state index in [4.69, 9.17) is 28.5 Å². The van der Waals surface area contributed by atoms with Crippen LogP contribution in [0.15, 0.2) is 48.0 Å². The van der Waals surface area contributed by atoms with E-state index in [0.29, 0.717) is 21.3 Å². The Kier molecular flexibility index (Phi) is 5.05. The SMILES string of the molecule is N#C/C(=C/c1ccc(Cl)cc1Cl)C(=O)Nc1ccc(O)cc1. The zero-order chi connectivity index (χ0) is 16.1. The molecule has 22 heavy (non-hydrogen) atoms. The number of phenolic OH excluding ortho intramolecular Hbond substituents is 1. The topological polar surface area (TPSA) is 73.1 Å². The number of benzene rings is 2. The van der Waals surface area contributed by atoms with Crippen LogP contribution < -0.4 is 5.32 Å². The van der Waals surface area contributed by atoms with Gasteiger partial charge in [0.15, 0.2) is 0 Å². The van der Waals surface area contributed by atoms with E-state index in [2.05, 4.69) is 5.32 Å². The Morgan fingerprint density at radius 1 is 1.18 bits per heavy atom. The number of aromatic hydroxyl groups is 1. The number of halogens is 2. The van der Waals surface area contributed by atoms with Crippen LogP contribution in [0.25, 0.3) is 6.08 Å². The van der Waals surface area contributed by atoms with Gasteiger partial charge in [0, 0.05) is 15.7 Å². The van der Waals surface area contributed by atoms with E-state index in [0.717, 1.165) is 0 Å². The summed E-state index contributed by atoms with van der Waals surface area (Å²) in [4.78, 5) is 12.1. The standard InChI is InChI=1S/C16H10Cl2N2O2/c17-12-2-1-10(15(18)8-12)7-11(9-19)16(22)20-13-3-5-14(21)6-4-13/h1-8,21H,(H,20,22)/b11-7-. The lowest BCUT2D eigenvalue weighted by Gasteiger charge is -2.05. The second kappa shape index (κ2) is 6.99. The zero-order valence-electron chi connectivity index (χ0n) is 11.2. The van der Waals surface area contributed by atoms with Crippen molar-refractivity contribution < 1.29 is 9.90 Å². The lowest BCUT2D eigenvalue weighted by molar-refractivity contribution is -0.112. The molecule has 2 aromatic carbocycles. The highest BCUT2D eigenvalue weighted by molar-refractivity contribution is 6.35. The van der Waals surface area contributed by atoms with E-state index < -0.39 is 5.91 Å². The van der Waals surface area contributed by atoms with Crippen LogP contribution >= 0.6 is 23.2 Å². The number of nitrogens with one attached hydrogen (secondary N) is 1. The number of amides is 1. The number of nitrogens with zero attached hydrogens (tertiary/aromatic N) is 1. The minimum atomic E-state index is -0.570. The predicted molar refractivity (Wildman–Crippen MR) is 86.8 cm³/mol. The van der Waals surface area contributed by atoms with Crippen molar-refractivity contribution in [2.75, 3.05) is 5.32 Å². The molecule has 0 saturated heterocycles. The van der Waals surface area contributed by atoms with Crippen LogP contribution in [0.1, 0.15) is 5.56 Å². The van der Waals surface area contributed by atoms with E-state index in [-0.39, 0.29) is 11.3 Å². The van der Waals surface area contributed by atoms with Gasteiger partial charge < -0.3 is 10.4 Å². The molecule has 110 valence electrons. The van der Waals surface area contributed by atoms with Crippen molar-refractivity contribution in [1.29, 1.82) is 5.26 Å². The van der Waals surface area contributed by atoms with Gasteiger partial charge in [0.2, 0.25) is 0 Å². The number of hydrogen-bond donors (Lipinski definition) is 2. The first-order valence-electron chi connectivity index (χ1n) is 6.17. The van der Waals surface area contributed by atoms with E-state index in [1.165, 1.54) is 36.4 Å². The van der Waals surface area contributed by atoms with Gasteiger partial charge in [-0.15, -0.1) is 0 Å². The van der Waals surface area contributed by atoms with Crippen molar-refractivity contribution >= 4 is 40.9 Å². The van der Waals surface area contributed by atoms with E-state index in [9.17, 15) is 9.90 Å². The number of carbonyl (C=O) groups is 1. The third kappa shape index (κ3) is 4.01. The second-order valence-electron chi connectivity index (χ2n) is 4.34. The maximum atomic E-state index is 12.1. The van der Waals surface area contributed by atoms with Crippen molar-refractivity contribution in [3.8, 4) is 11.8 Å². The molecule has 4 nitrogen and oxygen atoms in total. The predicted octanol–water partition coefficient (Wildman–Crippen LogP) is 4.24. The number of hydrogen-bond acceptors (Lipinski definition) is 3. The number of carbonyl (C=O) groups excluding carboxylic acids is 1. The van der Waals surface area contributed by atoms with E-state index in [1.54, 1.807) is 12.1 Å². The minimum absolute atomic E-state index is 0.0852. The molecule has 6 heteroatoms. The lowest BCUT2D eigenvalue weighted by atomic mass is 10.1. The highest BCUT2D eigenvalue weighted by Gasteiger charge is 2.10. The van der Waals surface area contributed by atoms with Crippen LogP contribution in [-0.4, -0.2) is 11.0 Å². The van der Waals surface area contributed by atoms with Crippen LogP contribution in [0.3, 0.4) is 0 Å². The van der Waals surface area contributed by atoms with Gasteiger partial charge in [-0.2, -0.15) is 5.26 Å². The molecule has 0 fully saturated rings. The summed E-state index contributed by atoms with van der Waals surface area (Å²) in [6.45, 7) is 0. The van der Waals surface area contributed by atoms with Crippen LogP contribution in [0.4, 0.5) is 5.69 Å². The first-order chi connectivity index (χ1) is 10.5. The summed E-state index contributed by atoms with van der Waals surface area (Å²) in [7, 11) is 0. The minimum Gasteiger partial charge on any atom is -0.508 e. The molecule has 1 amide bonds. The molecule has 0 heterocycles. The molecule has 2 N–H and O–H groups in total. The Hall–Kier alpha value is -2.48. The lowest BCUT2D eigenvalue weighted by Crippen LogP contribution is -2.13. The largest absolute Gasteiger partial charge is 0.508 e. The summed E-state index contributed by atoms with van der Waals surface area (Å²) in [5.74, 6) is -0.485. The maximum absolute atomic E-state index is 12.1. The summed E-state index contributed by atoms with van der Waals surface area (Å²) in [5, 5.41) is 21.7. The Morgan fingerprint density at radius 3 is 2.45 bits per heavy atom. The average Bonchev–Trinajstić information content (AvgIpc) is 2.49. The fourth-order valence-corrected chi connectivity index (χ4v) is 2.13. The zero-order valence-corrected chi connectivity index (χ0v) is 12.7. The summed E-state index contributed by atoms with van der Waals surface area (Å²) < 4.78 is 0. The Balaban J connectivity index is 2.23. The van der Waals surface area contributed by atoms with E-state index in [1.807, 2.05) is 6.07 Å². The number of rotatable bonds is 3. The van der Waals surface area contributed by atoms with Crippen LogP contribution in [0.2, 0.25) is 10.0 Å². The van der Waals surface area contributed by atoms with Crippen LogP contribution in [0.5, 0.6) is 5.75 Å². The van der Waals surface area contributed by atoms with Gasteiger partial charge in [0.1, 0.15) is 17.4 Å². The first kappa shape index (κ1) is 15.9. The summed E-state index contributed by atoms with van der Waals surface area (Å²) in [6, 6.07) is 12.5. The highest BCUT2D eigenvalue weighted by atomic mass is 35.5. The van der Waals surface area contributed by atoms with Crippen molar-refractivity contribution in [2.45, 2.75) is 0 Å². The fourth-order valence-electron chi connectivity index (χ4n) is 1.67. The molecule has 2 rings (SSSR count). The number of anilines is 1. The molecule has 0 atom stereocenters. The first-order valence-corrected chi connectivity index (χ1v) is 6.92. The van der Waals surface area contributed by atoms with Crippen molar-refractivity contribution in [3.63, 3.8) is 0 Å². The summed E-state index contributed by atoms with van der Waals surface area (Å²) >= 11 is 11.8. The van der Waals surface area contributed by atoms with Crippen LogP contribution in [0, 0.1) is 11.3 Å². The molecule has 0 aromatic heterocycles.